The summed E-state index contributed by atoms with van der Waals surface area (Å²) in [6.45, 7) is 2.70. The van der Waals surface area contributed by atoms with Crippen LogP contribution in [0.15, 0.2) is 29.2 Å². The molecule has 4 rings (SSSR count). The molecule has 0 spiro atoms. The molecule has 0 bridgehead atoms. The van der Waals surface area contributed by atoms with Crippen molar-refractivity contribution in [2.45, 2.75) is 25.9 Å². The minimum atomic E-state index is -1.58. The first-order chi connectivity index (χ1) is 13.5. The highest BCUT2D eigenvalue weighted by Gasteiger charge is 2.29. The molecule has 0 amide bonds. The molecule has 3 heterocycles. The summed E-state index contributed by atoms with van der Waals surface area (Å²) < 4.78 is 11.8. The zero-order valence-corrected chi connectivity index (χ0v) is 16.0. The van der Waals surface area contributed by atoms with Crippen LogP contribution in [0.2, 0.25) is 0 Å². The first-order valence-electron chi connectivity index (χ1n) is 9.17. The van der Waals surface area contributed by atoms with Crippen LogP contribution in [-0.4, -0.2) is 34.3 Å². The van der Waals surface area contributed by atoms with E-state index in [2.05, 4.69) is 4.98 Å². The Morgan fingerprint density at radius 2 is 2.14 bits per heavy atom. The summed E-state index contributed by atoms with van der Waals surface area (Å²) in [6, 6.07) is 5.61. The number of H-pyrrole nitrogens is 1. The molecule has 0 fully saturated rings. The van der Waals surface area contributed by atoms with E-state index in [-0.39, 0.29) is 11.3 Å². The lowest BCUT2D eigenvalue weighted by molar-refractivity contribution is -0.151. The molecule has 1 unspecified atom stereocenters. The van der Waals surface area contributed by atoms with Crippen LogP contribution in [0.25, 0.3) is 22.0 Å². The summed E-state index contributed by atoms with van der Waals surface area (Å²) in [4.78, 5) is 27.9. The highest BCUT2D eigenvalue weighted by molar-refractivity contribution is 5.98. The van der Waals surface area contributed by atoms with E-state index in [9.17, 15) is 14.7 Å². The normalized spacial score (nSPS) is 14.4. The topological polar surface area (TPSA) is 93.6 Å². The number of methoxy groups -OCH3 is 1. The maximum absolute atomic E-state index is 12.8. The van der Waals surface area contributed by atoms with Crippen LogP contribution in [0.4, 0.5) is 0 Å². The largest absolute Gasteiger partial charge is 0.493 e. The Labute approximate surface area is 161 Å². The molecular formula is C21H22N2O5. The van der Waals surface area contributed by atoms with Gasteiger partial charge in [-0.05, 0) is 48.6 Å². The number of rotatable bonds is 3. The highest BCUT2D eigenvalue weighted by atomic mass is 16.5. The first kappa shape index (κ1) is 18.3. The van der Waals surface area contributed by atoms with Gasteiger partial charge in [-0.25, -0.2) is 4.79 Å². The average molecular weight is 382 g/mol. The number of benzene rings is 1. The van der Waals surface area contributed by atoms with Crippen molar-refractivity contribution in [3.63, 3.8) is 0 Å². The van der Waals surface area contributed by atoms with Crippen molar-refractivity contribution in [2.75, 3.05) is 13.7 Å². The SMILES string of the molecule is COC(=O)C(O)c1c(-c2ccc3c(c2C)CCCO3)c2cc[nH]c2c(=O)n1C. The molecular weight excluding hydrogens is 360 g/mol. The second-order valence-electron chi connectivity index (χ2n) is 6.98. The number of carbonyl (C=O) groups is 1. The number of hydrogen-bond donors (Lipinski definition) is 2. The van der Waals surface area contributed by atoms with Crippen LogP contribution in [-0.2, 0) is 23.0 Å². The van der Waals surface area contributed by atoms with E-state index in [1.807, 2.05) is 19.1 Å². The van der Waals surface area contributed by atoms with E-state index in [0.717, 1.165) is 35.3 Å². The van der Waals surface area contributed by atoms with E-state index in [4.69, 9.17) is 9.47 Å². The van der Waals surface area contributed by atoms with Crippen molar-refractivity contribution in [3.05, 3.63) is 51.6 Å². The van der Waals surface area contributed by atoms with Crippen molar-refractivity contribution in [1.82, 2.24) is 9.55 Å². The van der Waals surface area contributed by atoms with Crippen LogP contribution < -0.4 is 10.3 Å². The molecule has 3 aromatic rings. The third kappa shape index (κ3) is 2.62. The van der Waals surface area contributed by atoms with Crippen molar-refractivity contribution in [3.8, 4) is 16.9 Å². The van der Waals surface area contributed by atoms with E-state index >= 15 is 0 Å². The number of aliphatic hydroxyl groups excluding tert-OH is 1. The number of aromatic amines is 1. The van der Waals surface area contributed by atoms with E-state index in [0.29, 0.717) is 23.1 Å². The van der Waals surface area contributed by atoms with Crippen LogP contribution in [0, 0.1) is 6.92 Å². The number of pyridine rings is 1. The van der Waals surface area contributed by atoms with Crippen molar-refractivity contribution in [1.29, 1.82) is 0 Å². The number of ether oxygens (including phenoxy) is 2. The lowest BCUT2D eigenvalue weighted by Gasteiger charge is -2.24. The van der Waals surface area contributed by atoms with Crippen LogP contribution in [0.5, 0.6) is 5.75 Å². The average Bonchev–Trinajstić information content (AvgIpc) is 3.20. The molecule has 1 aliphatic rings. The zero-order chi connectivity index (χ0) is 20.0. The minimum Gasteiger partial charge on any atom is -0.493 e. The quantitative estimate of drug-likeness (QED) is 0.679. The Morgan fingerprint density at radius 3 is 2.89 bits per heavy atom. The first-order valence-corrected chi connectivity index (χ1v) is 9.17. The molecule has 0 aliphatic carbocycles. The predicted molar refractivity (Wildman–Crippen MR) is 105 cm³/mol. The van der Waals surface area contributed by atoms with Gasteiger partial charge in [-0.2, -0.15) is 0 Å². The smallest absolute Gasteiger partial charge is 0.340 e. The Hall–Kier alpha value is -3.06. The Bertz CT molecular complexity index is 1140. The number of esters is 1. The highest BCUT2D eigenvalue weighted by Crippen LogP contribution is 2.40. The van der Waals surface area contributed by atoms with E-state index in [1.165, 1.54) is 11.7 Å². The van der Waals surface area contributed by atoms with Gasteiger partial charge in [0.05, 0.1) is 19.4 Å². The van der Waals surface area contributed by atoms with Crippen molar-refractivity contribution in [2.24, 2.45) is 7.05 Å². The second-order valence-corrected chi connectivity index (χ2v) is 6.98. The second kappa shape index (κ2) is 6.83. The number of aliphatic hydroxyl groups is 1. The molecule has 7 heteroatoms. The standard InChI is InChI=1S/C21H22N2O5/c1-11-12-5-4-10-28-15(12)7-6-13(11)16-14-8-9-22-17(14)20(25)23(2)18(16)19(24)21(26)27-3/h6-9,19,22,24H,4-5,10H2,1-3H3. The monoisotopic (exact) mass is 382 g/mol. The molecule has 0 saturated heterocycles. The Balaban J connectivity index is 2.09. The Kier molecular flexibility index (Phi) is 4.47. The molecule has 1 aromatic carbocycles. The molecule has 1 aliphatic heterocycles. The third-order valence-electron chi connectivity index (χ3n) is 5.49. The van der Waals surface area contributed by atoms with E-state index in [1.54, 1.807) is 19.3 Å². The summed E-state index contributed by atoms with van der Waals surface area (Å²) in [5, 5.41) is 11.3. The van der Waals surface area contributed by atoms with Gasteiger partial charge in [-0.3, -0.25) is 4.79 Å². The van der Waals surface area contributed by atoms with Crippen LogP contribution in [0.1, 0.15) is 29.3 Å². The van der Waals surface area contributed by atoms with Gasteiger partial charge in [0.1, 0.15) is 11.3 Å². The van der Waals surface area contributed by atoms with Crippen molar-refractivity contribution >= 4 is 16.9 Å². The number of aromatic nitrogens is 2. The zero-order valence-electron chi connectivity index (χ0n) is 16.0. The molecule has 0 saturated carbocycles. The van der Waals surface area contributed by atoms with Gasteiger partial charge < -0.3 is 24.1 Å². The number of nitrogens with zero attached hydrogens (tertiary/aromatic N) is 1. The fourth-order valence-electron chi connectivity index (χ4n) is 4.04. The van der Waals surface area contributed by atoms with Crippen molar-refractivity contribution < 1.29 is 19.4 Å². The number of fused-ring (bicyclic) bond motifs is 2. The summed E-state index contributed by atoms with van der Waals surface area (Å²) in [5.41, 5.74) is 3.93. The summed E-state index contributed by atoms with van der Waals surface area (Å²) in [5.74, 6) is 0.0442. The van der Waals surface area contributed by atoms with Gasteiger partial charge in [0.25, 0.3) is 5.56 Å². The molecule has 7 nitrogen and oxygen atoms in total. The molecule has 2 N–H and O–H groups in total. The van der Waals surface area contributed by atoms with Gasteiger partial charge in [0.15, 0.2) is 6.10 Å². The molecule has 28 heavy (non-hydrogen) atoms. The van der Waals surface area contributed by atoms with Gasteiger partial charge in [0.2, 0.25) is 0 Å². The molecule has 1 atom stereocenters. The van der Waals surface area contributed by atoms with Gasteiger partial charge in [-0.1, -0.05) is 6.07 Å². The lowest BCUT2D eigenvalue weighted by atomic mass is 9.89. The molecule has 0 radical (unpaired) electrons. The van der Waals surface area contributed by atoms with E-state index < -0.39 is 12.1 Å². The fraction of sp³-hybridized carbons (Fsp3) is 0.333. The number of nitrogens with one attached hydrogen (secondary N) is 1. The molecule has 2 aromatic heterocycles. The summed E-state index contributed by atoms with van der Waals surface area (Å²) >= 11 is 0. The van der Waals surface area contributed by atoms with Gasteiger partial charge in [-0.15, -0.1) is 0 Å². The minimum absolute atomic E-state index is 0.212. The maximum atomic E-state index is 12.8. The maximum Gasteiger partial charge on any atom is 0.340 e. The fourth-order valence-corrected chi connectivity index (χ4v) is 4.04. The molecule has 146 valence electrons. The Morgan fingerprint density at radius 1 is 1.36 bits per heavy atom. The summed E-state index contributed by atoms with van der Waals surface area (Å²) in [7, 11) is 2.75. The van der Waals surface area contributed by atoms with Gasteiger partial charge in [0, 0.05) is 24.2 Å². The van der Waals surface area contributed by atoms with Gasteiger partial charge >= 0.3 is 5.97 Å². The number of hydrogen-bond acceptors (Lipinski definition) is 5. The lowest BCUT2D eigenvalue weighted by Crippen LogP contribution is -2.27. The number of carbonyl (C=O) groups excluding carboxylic acids is 1. The third-order valence-corrected chi connectivity index (χ3v) is 5.49. The van der Waals surface area contributed by atoms with Crippen LogP contribution >= 0.6 is 0 Å². The summed E-state index contributed by atoms with van der Waals surface area (Å²) in [6.07, 6.45) is 1.93. The van der Waals surface area contributed by atoms with Crippen LogP contribution in [0.3, 0.4) is 0 Å². The predicted octanol–water partition coefficient (Wildman–Crippen LogP) is 2.37.